The summed E-state index contributed by atoms with van der Waals surface area (Å²) in [7, 11) is 0. The summed E-state index contributed by atoms with van der Waals surface area (Å²) in [6.07, 6.45) is 1.43. The molecule has 0 heterocycles. The van der Waals surface area contributed by atoms with Gasteiger partial charge in [0.25, 0.3) is 0 Å². The lowest BCUT2D eigenvalue weighted by atomic mass is 9.86. The van der Waals surface area contributed by atoms with Crippen LogP contribution in [0.15, 0.2) is 60.7 Å². The highest BCUT2D eigenvalue weighted by molar-refractivity contribution is 6.51. The molecule has 2 nitrogen and oxygen atoms in total. The second-order valence-corrected chi connectivity index (χ2v) is 4.16. The van der Waals surface area contributed by atoms with Crippen molar-refractivity contribution in [3.63, 3.8) is 0 Å². The lowest BCUT2D eigenvalue weighted by Crippen LogP contribution is -2.18. The van der Waals surface area contributed by atoms with E-state index < -0.39 is 11.6 Å². The number of Topliss-reactive ketones (excluding diaryl/α,β-unsaturated/α-hetero) is 1. The van der Waals surface area contributed by atoms with Crippen molar-refractivity contribution in [1.29, 1.82) is 0 Å². The molecule has 1 aliphatic rings. The van der Waals surface area contributed by atoms with Gasteiger partial charge in [-0.15, -0.1) is 0 Å². The normalized spacial score (nSPS) is 14.1. The van der Waals surface area contributed by atoms with Gasteiger partial charge in [0.05, 0.1) is 0 Å². The average molecular weight is 234 g/mol. The van der Waals surface area contributed by atoms with Gasteiger partial charge in [-0.25, -0.2) is 0 Å². The van der Waals surface area contributed by atoms with Gasteiger partial charge in [-0.3, -0.25) is 9.59 Å². The Labute approximate surface area is 105 Å². The molecule has 0 fully saturated rings. The summed E-state index contributed by atoms with van der Waals surface area (Å²) in [5.41, 5.74) is 3.08. The smallest absolute Gasteiger partial charge is 0.233 e. The summed E-state index contributed by atoms with van der Waals surface area (Å²) >= 11 is 0. The Morgan fingerprint density at radius 2 is 1.28 bits per heavy atom. The molecule has 86 valence electrons. The van der Waals surface area contributed by atoms with E-state index in [1.54, 1.807) is 12.1 Å². The summed E-state index contributed by atoms with van der Waals surface area (Å²) in [5.74, 6) is -0.877. The maximum absolute atomic E-state index is 11.8. The monoisotopic (exact) mass is 234 g/mol. The second kappa shape index (κ2) is 4.08. The Morgan fingerprint density at radius 3 is 2.00 bits per heavy atom. The van der Waals surface area contributed by atoms with Crippen LogP contribution in [0.3, 0.4) is 0 Å². The molecular formula is C16H10O2. The Hall–Kier alpha value is -2.48. The number of fused-ring (bicyclic) bond motifs is 1. The molecule has 0 aromatic heterocycles. The third-order valence-corrected chi connectivity index (χ3v) is 3.05. The van der Waals surface area contributed by atoms with Crippen LogP contribution < -0.4 is 0 Å². The molecule has 1 aliphatic carbocycles. The van der Waals surface area contributed by atoms with Crippen molar-refractivity contribution >= 4 is 17.1 Å². The van der Waals surface area contributed by atoms with Crippen LogP contribution in [0.2, 0.25) is 0 Å². The number of allylic oxidation sites excluding steroid dienone is 1. The predicted octanol–water partition coefficient (Wildman–Crippen LogP) is 2.88. The van der Waals surface area contributed by atoms with Crippen molar-refractivity contribution in [3.8, 4) is 0 Å². The molecule has 0 N–H and O–H groups in total. The number of carbonyl (C=O) groups is 2. The zero-order chi connectivity index (χ0) is 12.5. The molecule has 0 radical (unpaired) electrons. The maximum atomic E-state index is 11.8. The predicted molar refractivity (Wildman–Crippen MR) is 69.3 cm³/mol. The largest absolute Gasteiger partial charge is 0.286 e. The highest BCUT2D eigenvalue weighted by Crippen LogP contribution is 2.30. The fourth-order valence-electron chi connectivity index (χ4n) is 2.18. The van der Waals surface area contributed by atoms with E-state index in [0.29, 0.717) is 5.56 Å². The number of benzene rings is 2. The standard InChI is InChI=1S/C16H10O2/c17-15-10-14(11-6-2-1-3-7-11)12-8-4-5-9-13(12)16(15)18/h1-10H. The minimum absolute atomic E-state index is 0.426. The zero-order valence-electron chi connectivity index (χ0n) is 9.59. The van der Waals surface area contributed by atoms with Gasteiger partial charge in [-0.05, 0) is 22.8 Å². The molecule has 0 bridgehead atoms. The van der Waals surface area contributed by atoms with Crippen molar-refractivity contribution in [1.82, 2.24) is 0 Å². The van der Waals surface area contributed by atoms with Gasteiger partial charge in [0.1, 0.15) is 0 Å². The van der Waals surface area contributed by atoms with Crippen LogP contribution in [0.4, 0.5) is 0 Å². The maximum Gasteiger partial charge on any atom is 0.233 e. The average Bonchev–Trinajstić information content (AvgIpc) is 2.44. The SMILES string of the molecule is O=C1C=C(c2ccccc2)c2ccccc2C1=O. The third-order valence-electron chi connectivity index (χ3n) is 3.05. The summed E-state index contributed by atoms with van der Waals surface area (Å²) in [6.45, 7) is 0. The first-order valence-electron chi connectivity index (χ1n) is 5.72. The molecule has 0 saturated heterocycles. The molecule has 0 spiro atoms. The molecule has 3 rings (SSSR count). The van der Waals surface area contributed by atoms with E-state index in [1.165, 1.54) is 6.08 Å². The van der Waals surface area contributed by atoms with Crippen LogP contribution in [0.25, 0.3) is 5.57 Å². The number of hydrogen-bond acceptors (Lipinski definition) is 2. The first kappa shape index (κ1) is 10.7. The number of hydrogen-bond donors (Lipinski definition) is 0. The zero-order valence-corrected chi connectivity index (χ0v) is 9.59. The van der Waals surface area contributed by atoms with Crippen LogP contribution in [0.1, 0.15) is 21.5 Å². The van der Waals surface area contributed by atoms with Gasteiger partial charge in [0, 0.05) is 5.56 Å². The fourth-order valence-corrected chi connectivity index (χ4v) is 2.18. The quantitative estimate of drug-likeness (QED) is 0.711. The van der Waals surface area contributed by atoms with Crippen LogP contribution >= 0.6 is 0 Å². The number of ketones is 2. The highest BCUT2D eigenvalue weighted by Gasteiger charge is 2.25. The first-order chi connectivity index (χ1) is 8.77. The Balaban J connectivity index is 2.25. The summed E-state index contributed by atoms with van der Waals surface area (Å²) in [4.78, 5) is 23.5. The van der Waals surface area contributed by atoms with E-state index in [-0.39, 0.29) is 0 Å². The van der Waals surface area contributed by atoms with E-state index in [4.69, 9.17) is 0 Å². The summed E-state index contributed by atoms with van der Waals surface area (Å²) < 4.78 is 0. The Bertz CT molecular complexity index is 667. The van der Waals surface area contributed by atoms with Crippen LogP contribution in [0.5, 0.6) is 0 Å². The van der Waals surface area contributed by atoms with E-state index in [1.807, 2.05) is 42.5 Å². The number of rotatable bonds is 1. The van der Waals surface area contributed by atoms with Crippen molar-refractivity contribution in [2.24, 2.45) is 0 Å². The second-order valence-electron chi connectivity index (χ2n) is 4.16. The van der Waals surface area contributed by atoms with E-state index in [2.05, 4.69) is 0 Å². The van der Waals surface area contributed by atoms with Crippen LogP contribution in [-0.4, -0.2) is 11.6 Å². The lowest BCUT2D eigenvalue weighted by Gasteiger charge is -2.16. The molecule has 2 aromatic carbocycles. The third kappa shape index (κ3) is 1.59. The van der Waals surface area contributed by atoms with Gasteiger partial charge in [-0.2, -0.15) is 0 Å². The fraction of sp³-hybridized carbons (Fsp3) is 0. The van der Waals surface area contributed by atoms with E-state index >= 15 is 0 Å². The molecule has 2 heteroatoms. The van der Waals surface area contributed by atoms with Crippen molar-refractivity contribution in [2.75, 3.05) is 0 Å². The van der Waals surface area contributed by atoms with Gasteiger partial charge in [0.2, 0.25) is 11.6 Å². The Kier molecular flexibility index (Phi) is 2.41. The number of carbonyl (C=O) groups excluding carboxylic acids is 2. The van der Waals surface area contributed by atoms with Crippen molar-refractivity contribution < 1.29 is 9.59 Å². The highest BCUT2D eigenvalue weighted by atomic mass is 16.2. The molecule has 2 aromatic rings. The Morgan fingerprint density at radius 1 is 0.667 bits per heavy atom. The molecule has 0 unspecified atom stereocenters. The van der Waals surface area contributed by atoms with Gasteiger partial charge in [-0.1, -0.05) is 54.6 Å². The summed E-state index contributed by atoms with van der Waals surface area (Å²) in [6, 6.07) is 16.9. The summed E-state index contributed by atoms with van der Waals surface area (Å²) in [5, 5.41) is 0. The molecule has 0 amide bonds. The van der Waals surface area contributed by atoms with Gasteiger partial charge < -0.3 is 0 Å². The minimum Gasteiger partial charge on any atom is -0.286 e. The van der Waals surface area contributed by atoms with Crippen LogP contribution in [0, 0.1) is 0 Å². The van der Waals surface area contributed by atoms with E-state index in [9.17, 15) is 9.59 Å². The first-order valence-corrected chi connectivity index (χ1v) is 5.72. The van der Waals surface area contributed by atoms with Crippen LogP contribution in [-0.2, 0) is 4.79 Å². The van der Waals surface area contributed by atoms with E-state index in [0.717, 1.165) is 16.7 Å². The van der Waals surface area contributed by atoms with Crippen molar-refractivity contribution in [3.05, 3.63) is 77.4 Å². The van der Waals surface area contributed by atoms with Gasteiger partial charge in [0.15, 0.2) is 0 Å². The van der Waals surface area contributed by atoms with Crippen molar-refractivity contribution in [2.45, 2.75) is 0 Å². The lowest BCUT2D eigenvalue weighted by molar-refractivity contribution is -0.111. The molecule has 0 aliphatic heterocycles. The van der Waals surface area contributed by atoms with Gasteiger partial charge >= 0.3 is 0 Å². The minimum atomic E-state index is -0.451. The molecule has 0 atom stereocenters. The topological polar surface area (TPSA) is 34.1 Å². The molecular weight excluding hydrogens is 224 g/mol. The molecule has 0 saturated carbocycles. The molecule has 18 heavy (non-hydrogen) atoms.